The fraction of sp³-hybridized carbons (Fsp3) is 0.409. The van der Waals surface area contributed by atoms with Gasteiger partial charge in [0.2, 0.25) is 5.91 Å². The normalized spacial score (nSPS) is 16.7. The van der Waals surface area contributed by atoms with E-state index in [-0.39, 0.29) is 17.9 Å². The molecule has 1 aliphatic carbocycles. The minimum atomic E-state index is -0.0325. The number of nitrogens with one attached hydrogen (secondary N) is 1. The number of ether oxygens (including phenoxy) is 1. The Morgan fingerprint density at radius 3 is 3.06 bits per heavy atom. The van der Waals surface area contributed by atoms with Gasteiger partial charge in [-0.1, -0.05) is 16.1 Å². The van der Waals surface area contributed by atoms with Crippen LogP contribution in [-0.2, 0) is 22.4 Å². The molecule has 0 saturated heterocycles. The lowest BCUT2D eigenvalue weighted by molar-refractivity contribution is -0.137. The van der Waals surface area contributed by atoms with Crippen LogP contribution in [0.4, 0.5) is 11.5 Å². The van der Waals surface area contributed by atoms with E-state index >= 15 is 0 Å². The van der Waals surface area contributed by atoms with Crippen LogP contribution in [0.1, 0.15) is 23.8 Å². The van der Waals surface area contributed by atoms with Crippen molar-refractivity contribution in [3.8, 4) is 0 Å². The van der Waals surface area contributed by atoms with Crippen molar-refractivity contribution in [1.29, 1.82) is 0 Å². The monoisotopic (exact) mass is 502 g/mol. The number of anilines is 2. The number of nitrogens with zero attached hydrogens (tertiary/aromatic N) is 5. The summed E-state index contributed by atoms with van der Waals surface area (Å²) in [6.07, 6.45) is 3.90. The molecule has 0 fully saturated rings. The van der Waals surface area contributed by atoms with Crippen molar-refractivity contribution in [2.24, 2.45) is 5.92 Å². The van der Waals surface area contributed by atoms with Crippen LogP contribution in [0.5, 0.6) is 0 Å². The number of benzene rings is 1. The van der Waals surface area contributed by atoms with Crippen LogP contribution in [0, 0.1) is 5.92 Å². The van der Waals surface area contributed by atoms with Gasteiger partial charge in [-0.15, -0.1) is 16.4 Å². The SMILES string of the molecule is COCC(C)N(C)C(=O)C1CCc2c(sc3ncnc(Nc4cc5snnc5cc4Cl)c23)C1. The summed E-state index contributed by atoms with van der Waals surface area (Å²) >= 11 is 9.46. The summed E-state index contributed by atoms with van der Waals surface area (Å²) in [5, 5.41) is 9.05. The van der Waals surface area contributed by atoms with Gasteiger partial charge in [-0.2, -0.15) is 0 Å². The first-order valence-corrected chi connectivity index (χ1v) is 12.6. The third-order valence-electron chi connectivity index (χ3n) is 6.20. The number of likely N-dealkylation sites (N-methyl/N-ethyl adjacent to an activating group) is 1. The number of hydrogen-bond acceptors (Lipinski definition) is 9. The van der Waals surface area contributed by atoms with E-state index in [1.165, 1.54) is 22.0 Å². The maximum absolute atomic E-state index is 13.1. The third kappa shape index (κ3) is 4.16. The van der Waals surface area contributed by atoms with Crippen molar-refractivity contribution in [2.45, 2.75) is 32.2 Å². The van der Waals surface area contributed by atoms with Gasteiger partial charge < -0.3 is 15.0 Å². The molecule has 2 unspecified atom stereocenters. The Labute approximate surface area is 204 Å². The molecule has 11 heteroatoms. The van der Waals surface area contributed by atoms with Crippen LogP contribution < -0.4 is 5.32 Å². The summed E-state index contributed by atoms with van der Waals surface area (Å²) in [7, 11) is 3.52. The number of carbonyl (C=O) groups excluding carboxylic acids is 1. The zero-order chi connectivity index (χ0) is 23.1. The van der Waals surface area contributed by atoms with Gasteiger partial charge in [0.05, 0.1) is 33.4 Å². The van der Waals surface area contributed by atoms with Gasteiger partial charge in [0.15, 0.2) is 0 Å². The van der Waals surface area contributed by atoms with Crippen LogP contribution in [0.2, 0.25) is 5.02 Å². The first-order chi connectivity index (χ1) is 16.0. The lowest BCUT2D eigenvalue weighted by Crippen LogP contribution is -2.42. The van der Waals surface area contributed by atoms with Gasteiger partial charge in [-0.05, 0) is 55.4 Å². The first-order valence-electron chi connectivity index (χ1n) is 10.7. The summed E-state index contributed by atoms with van der Waals surface area (Å²) in [6.45, 7) is 2.53. The molecular formula is C22H23ClN6O2S2. The molecule has 0 spiro atoms. The molecule has 33 heavy (non-hydrogen) atoms. The summed E-state index contributed by atoms with van der Waals surface area (Å²) in [4.78, 5) is 26.1. The van der Waals surface area contributed by atoms with Crippen molar-refractivity contribution in [2.75, 3.05) is 26.1 Å². The van der Waals surface area contributed by atoms with Crippen LogP contribution in [0.25, 0.3) is 20.4 Å². The lowest BCUT2D eigenvalue weighted by atomic mass is 9.86. The fourth-order valence-corrected chi connectivity index (χ4v) is 6.35. The maximum atomic E-state index is 13.1. The number of fused-ring (bicyclic) bond motifs is 4. The number of thiophene rings is 1. The highest BCUT2D eigenvalue weighted by molar-refractivity contribution is 7.19. The van der Waals surface area contributed by atoms with E-state index in [0.717, 1.165) is 51.2 Å². The Morgan fingerprint density at radius 1 is 1.39 bits per heavy atom. The summed E-state index contributed by atoms with van der Waals surface area (Å²) in [5.41, 5.74) is 2.76. The molecule has 1 amide bonds. The van der Waals surface area contributed by atoms with Crippen LogP contribution in [-0.4, -0.2) is 57.2 Å². The second kappa shape index (κ2) is 9.09. The second-order valence-corrected chi connectivity index (χ2v) is 10.6. The third-order valence-corrected chi connectivity index (χ3v) is 8.36. The molecule has 1 aromatic carbocycles. The minimum absolute atomic E-state index is 0.0325. The Kier molecular flexibility index (Phi) is 6.17. The molecule has 3 heterocycles. The molecule has 0 saturated carbocycles. The number of methoxy groups -OCH3 is 1. The number of aromatic nitrogens is 4. The Balaban J connectivity index is 1.44. The van der Waals surface area contributed by atoms with E-state index in [4.69, 9.17) is 16.3 Å². The molecule has 1 aliphatic rings. The van der Waals surface area contributed by atoms with Crippen molar-refractivity contribution in [1.82, 2.24) is 24.5 Å². The smallest absolute Gasteiger partial charge is 0.226 e. The van der Waals surface area contributed by atoms with E-state index < -0.39 is 0 Å². The zero-order valence-corrected chi connectivity index (χ0v) is 20.9. The van der Waals surface area contributed by atoms with E-state index in [1.807, 2.05) is 31.0 Å². The predicted molar refractivity (Wildman–Crippen MR) is 133 cm³/mol. The topological polar surface area (TPSA) is 93.1 Å². The summed E-state index contributed by atoms with van der Waals surface area (Å²) in [6, 6.07) is 3.80. The van der Waals surface area contributed by atoms with Gasteiger partial charge >= 0.3 is 0 Å². The first kappa shape index (κ1) is 22.4. The average Bonchev–Trinajstić information content (AvgIpc) is 3.42. The average molecular weight is 503 g/mol. The number of hydrogen-bond donors (Lipinski definition) is 1. The number of rotatable bonds is 6. The standard InChI is InChI=1S/C22H23ClN6O2S2/c1-11(9-31-3)29(2)22(30)12-4-5-13-17(6-12)32-21-19(13)20(24-10-25-21)26-15-8-18-16(7-14(15)23)27-28-33-18/h7-8,10-12H,4-6,9H2,1-3H3,(H,24,25,26). The van der Waals surface area contributed by atoms with E-state index in [9.17, 15) is 4.79 Å². The molecule has 0 aliphatic heterocycles. The zero-order valence-electron chi connectivity index (χ0n) is 18.5. The van der Waals surface area contributed by atoms with Crippen molar-refractivity contribution in [3.05, 3.63) is 33.9 Å². The molecule has 0 radical (unpaired) electrons. The van der Waals surface area contributed by atoms with Gasteiger partial charge in [0, 0.05) is 25.0 Å². The van der Waals surface area contributed by atoms with Gasteiger partial charge in [0.1, 0.15) is 22.5 Å². The van der Waals surface area contributed by atoms with Crippen molar-refractivity contribution in [3.63, 3.8) is 0 Å². The van der Waals surface area contributed by atoms with Crippen LogP contribution >= 0.6 is 34.5 Å². The van der Waals surface area contributed by atoms with Crippen LogP contribution in [0.3, 0.4) is 0 Å². The highest BCUT2D eigenvalue weighted by Gasteiger charge is 2.32. The molecule has 172 valence electrons. The number of aryl methyl sites for hydroxylation is 1. The van der Waals surface area contributed by atoms with E-state index in [1.54, 1.807) is 24.8 Å². The van der Waals surface area contributed by atoms with Crippen molar-refractivity contribution < 1.29 is 9.53 Å². The lowest BCUT2D eigenvalue weighted by Gasteiger charge is -2.30. The Bertz CT molecular complexity index is 1340. The van der Waals surface area contributed by atoms with Gasteiger partial charge in [0.25, 0.3) is 0 Å². The largest absolute Gasteiger partial charge is 0.383 e. The molecule has 3 aromatic heterocycles. The number of carbonyl (C=O) groups is 1. The molecule has 4 aromatic rings. The number of amides is 1. The van der Waals surface area contributed by atoms with Gasteiger partial charge in [-0.3, -0.25) is 4.79 Å². The van der Waals surface area contributed by atoms with E-state index in [2.05, 4.69) is 24.9 Å². The quantitative estimate of drug-likeness (QED) is 0.408. The minimum Gasteiger partial charge on any atom is -0.383 e. The maximum Gasteiger partial charge on any atom is 0.226 e. The highest BCUT2D eigenvalue weighted by atomic mass is 35.5. The number of halogens is 1. The molecule has 5 rings (SSSR count). The second-order valence-electron chi connectivity index (χ2n) is 8.30. The fourth-order valence-electron chi connectivity index (χ4n) is 4.30. The van der Waals surface area contributed by atoms with Crippen molar-refractivity contribution >= 4 is 72.3 Å². The molecule has 2 atom stereocenters. The predicted octanol–water partition coefficient (Wildman–Crippen LogP) is 4.69. The van der Waals surface area contributed by atoms with E-state index in [0.29, 0.717) is 11.6 Å². The van der Waals surface area contributed by atoms with Crippen LogP contribution in [0.15, 0.2) is 18.5 Å². The van der Waals surface area contributed by atoms with Gasteiger partial charge in [-0.25, -0.2) is 9.97 Å². The summed E-state index contributed by atoms with van der Waals surface area (Å²) in [5.74, 6) is 0.868. The molecular weight excluding hydrogens is 480 g/mol. The molecule has 8 nitrogen and oxygen atoms in total. The molecule has 1 N–H and O–H groups in total. The Hall–Kier alpha value is -2.40. The summed E-state index contributed by atoms with van der Waals surface area (Å²) < 4.78 is 10.2. The Morgan fingerprint density at radius 2 is 2.24 bits per heavy atom. The highest BCUT2D eigenvalue weighted by Crippen LogP contribution is 2.41. The molecule has 0 bridgehead atoms.